The molecule has 7 heteroatoms. The number of amides is 1. The maximum Gasteiger partial charge on any atom is 0.222 e. The molecule has 0 spiro atoms. The smallest absolute Gasteiger partial charge is 0.222 e. The van der Waals surface area contributed by atoms with Crippen LogP contribution < -0.4 is 0 Å². The van der Waals surface area contributed by atoms with Crippen molar-refractivity contribution < 1.29 is 18.7 Å². The summed E-state index contributed by atoms with van der Waals surface area (Å²) in [6, 6.07) is 2.64. The van der Waals surface area contributed by atoms with Gasteiger partial charge < -0.3 is 14.4 Å². The molecule has 23 heavy (non-hydrogen) atoms. The normalized spacial score (nSPS) is 18.3. The fourth-order valence-corrected chi connectivity index (χ4v) is 3.03. The Labute approximate surface area is 145 Å². The number of nitrogens with zero attached hydrogens (tertiary/aromatic N) is 1. The van der Waals surface area contributed by atoms with Gasteiger partial charge in [-0.25, -0.2) is 4.39 Å². The average molecular weight is 364 g/mol. The first-order valence-electron chi connectivity index (χ1n) is 7.55. The Hall–Kier alpha value is -0.880. The molecule has 1 saturated heterocycles. The van der Waals surface area contributed by atoms with Gasteiger partial charge in [-0.2, -0.15) is 0 Å². The number of methoxy groups -OCH3 is 1. The maximum atomic E-state index is 13.7. The van der Waals surface area contributed by atoms with Gasteiger partial charge in [-0.05, 0) is 25.0 Å². The molecule has 1 amide bonds. The molecule has 4 nitrogen and oxygen atoms in total. The Morgan fingerprint density at radius 2 is 2.17 bits per heavy atom. The van der Waals surface area contributed by atoms with Crippen molar-refractivity contribution in [3.05, 3.63) is 33.6 Å². The molecular weight excluding hydrogens is 344 g/mol. The fourth-order valence-electron chi connectivity index (χ4n) is 2.53. The summed E-state index contributed by atoms with van der Waals surface area (Å²) in [5.41, 5.74) is 0.519. The number of hydrogen-bond donors (Lipinski definition) is 0. The van der Waals surface area contributed by atoms with Crippen molar-refractivity contribution in [3.8, 4) is 0 Å². The lowest BCUT2D eigenvalue weighted by Crippen LogP contribution is -2.42. The maximum absolute atomic E-state index is 13.7. The van der Waals surface area contributed by atoms with Gasteiger partial charge in [0.25, 0.3) is 0 Å². The summed E-state index contributed by atoms with van der Waals surface area (Å²) in [6.07, 6.45) is 1.67. The quantitative estimate of drug-likeness (QED) is 0.569. The van der Waals surface area contributed by atoms with E-state index in [1.54, 1.807) is 12.0 Å². The minimum Gasteiger partial charge on any atom is -0.385 e. The number of unbranched alkanes of at least 4 members (excludes halogenated alkanes) is 1. The van der Waals surface area contributed by atoms with Gasteiger partial charge in [0.2, 0.25) is 5.91 Å². The van der Waals surface area contributed by atoms with Crippen LogP contribution in [0.25, 0.3) is 0 Å². The van der Waals surface area contributed by atoms with Crippen molar-refractivity contribution >= 4 is 29.1 Å². The zero-order valence-electron chi connectivity index (χ0n) is 13.0. The van der Waals surface area contributed by atoms with E-state index in [0.717, 1.165) is 12.8 Å². The second-order valence-electron chi connectivity index (χ2n) is 5.44. The molecule has 1 heterocycles. The molecule has 1 aliphatic heterocycles. The van der Waals surface area contributed by atoms with E-state index in [4.69, 9.17) is 32.7 Å². The monoisotopic (exact) mass is 363 g/mol. The van der Waals surface area contributed by atoms with E-state index in [0.29, 0.717) is 43.3 Å². The van der Waals surface area contributed by atoms with Gasteiger partial charge in [0.1, 0.15) is 11.9 Å². The molecule has 0 aromatic heterocycles. The van der Waals surface area contributed by atoms with Gasteiger partial charge in [0, 0.05) is 37.3 Å². The van der Waals surface area contributed by atoms with Crippen LogP contribution in [0.2, 0.25) is 10.0 Å². The minimum atomic E-state index is -0.544. The summed E-state index contributed by atoms with van der Waals surface area (Å²) in [5.74, 6) is -0.474. The van der Waals surface area contributed by atoms with Crippen LogP contribution in [0, 0.1) is 5.82 Å². The molecule has 1 aromatic carbocycles. The molecule has 128 valence electrons. The standard InChI is InChI=1S/C16H20Cl2FNO3/c1-22-6-3-2-4-16(21)20-5-7-23-15(10-20)11-8-14(19)13(18)9-12(11)17/h8-9,15H,2-7,10H2,1H3. The molecule has 0 aliphatic carbocycles. The summed E-state index contributed by atoms with van der Waals surface area (Å²) in [7, 11) is 1.64. The van der Waals surface area contributed by atoms with Crippen LogP contribution in [0.5, 0.6) is 0 Å². The van der Waals surface area contributed by atoms with Crippen LogP contribution in [0.1, 0.15) is 30.9 Å². The van der Waals surface area contributed by atoms with Crippen LogP contribution in [0.4, 0.5) is 4.39 Å². The van der Waals surface area contributed by atoms with E-state index in [1.165, 1.54) is 12.1 Å². The third kappa shape index (κ3) is 5.05. The number of morpholine rings is 1. The lowest BCUT2D eigenvalue weighted by molar-refractivity contribution is -0.139. The van der Waals surface area contributed by atoms with Gasteiger partial charge >= 0.3 is 0 Å². The predicted octanol–water partition coefficient (Wildman–Crippen LogP) is 3.85. The van der Waals surface area contributed by atoms with E-state index in [1.807, 2.05) is 0 Å². The molecule has 0 saturated carbocycles. The van der Waals surface area contributed by atoms with Crippen LogP contribution >= 0.6 is 23.2 Å². The summed E-state index contributed by atoms with van der Waals surface area (Å²) >= 11 is 11.8. The first-order chi connectivity index (χ1) is 11.0. The van der Waals surface area contributed by atoms with Crippen molar-refractivity contribution in [1.29, 1.82) is 0 Å². The second-order valence-corrected chi connectivity index (χ2v) is 6.25. The Bertz CT molecular complexity index is 556. The van der Waals surface area contributed by atoms with E-state index >= 15 is 0 Å². The number of carbonyl (C=O) groups excluding carboxylic acids is 1. The van der Waals surface area contributed by atoms with Crippen LogP contribution in [0.3, 0.4) is 0 Å². The highest BCUT2D eigenvalue weighted by molar-refractivity contribution is 6.35. The van der Waals surface area contributed by atoms with Gasteiger partial charge in [0.05, 0.1) is 18.2 Å². The van der Waals surface area contributed by atoms with Crippen molar-refractivity contribution in [1.82, 2.24) is 4.90 Å². The lowest BCUT2D eigenvalue weighted by Gasteiger charge is -2.33. The van der Waals surface area contributed by atoms with Crippen molar-refractivity contribution in [2.24, 2.45) is 0 Å². The molecule has 1 fully saturated rings. The Kier molecular flexibility index (Phi) is 7.09. The highest BCUT2D eigenvalue weighted by Gasteiger charge is 2.27. The van der Waals surface area contributed by atoms with Gasteiger partial charge in [-0.1, -0.05) is 23.2 Å². The molecule has 1 unspecified atom stereocenters. The first-order valence-corrected chi connectivity index (χ1v) is 8.31. The molecule has 0 bridgehead atoms. The number of benzene rings is 1. The molecule has 0 radical (unpaired) electrons. The zero-order chi connectivity index (χ0) is 16.8. The van der Waals surface area contributed by atoms with Crippen molar-refractivity contribution in [2.45, 2.75) is 25.4 Å². The molecule has 0 N–H and O–H groups in total. The summed E-state index contributed by atoms with van der Waals surface area (Å²) in [5, 5.41) is 0.316. The highest BCUT2D eigenvalue weighted by atomic mass is 35.5. The molecule has 2 rings (SSSR count). The van der Waals surface area contributed by atoms with Gasteiger partial charge in [0.15, 0.2) is 0 Å². The molecular formula is C16H20Cl2FNO3. The zero-order valence-corrected chi connectivity index (χ0v) is 14.5. The largest absolute Gasteiger partial charge is 0.385 e. The Morgan fingerprint density at radius 1 is 1.39 bits per heavy atom. The molecule has 1 atom stereocenters. The second kappa shape index (κ2) is 8.83. The average Bonchev–Trinajstić information content (AvgIpc) is 2.55. The SMILES string of the molecule is COCCCCC(=O)N1CCOC(c2cc(F)c(Cl)cc2Cl)C1. The third-order valence-corrected chi connectivity index (χ3v) is 4.41. The van der Waals surface area contributed by atoms with Crippen LogP contribution in [0.15, 0.2) is 12.1 Å². The van der Waals surface area contributed by atoms with E-state index in [9.17, 15) is 9.18 Å². The van der Waals surface area contributed by atoms with E-state index in [-0.39, 0.29) is 10.9 Å². The summed E-state index contributed by atoms with van der Waals surface area (Å²) in [4.78, 5) is 14.0. The fraction of sp³-hybridized carbons (Fsp3) is 0.562. The Balaban J connectivity index is 1.98. The van der Waals surface area contributed by atoms with E-state index < -0.39 is 11.9 Å². The number of halogens is 3. The van der Waals surface area contributed by atoms with Crippen molar-refractivity contribution in [2.75, 3.05) is 33.4 Å². The first kappa shape index (κ1) is 18.5. The van der Waals surface area contributed by atoms with Gasteiger partial charge in [-0.15, -0.1) is 0 Å². The number of hydrogen-bond acceptors (Lipinski definition) is 3. The lowest BCUT2D eigenvalue weighted by atomic mass is 10.1. The number of ether oxygens (including phenoxy) is 2. The molecule has 1 aromatic rings. The third-order valence-electron chi connectivity index (χ3n) is 3.79. The van der Waals surface area contributed by atoms with Crippen molar-refractivity contribution in [3.63, 3.8) is 0 Å². The van der Waals surface area contributed by atoms with Gasteiger partial charge in [-0.3, -0.25) is 4.79 Å². The van der Waals surface area contributed by atoms with E-state index in [2.05, 4.69) is 0 Å². The Morgan fingerprint density at radius 3 is 2.91 bits per heavy atom. The van der Waals surface area contributed by atoms with Crippen LogP contribution in [-0.4, -0.2) is 44.2 Å². The summed E-state index contributed by atoms with van der Waals surface area (Å²) < 4.78 is 24.3. The number of carbonyl (C=O) groups is 1. The highest BCUT2D eigenvalue weighted by Crippen LogP contribution is 2.32. The molecule has 1 aliphatic rings. The predicted molar refractivity (Wildman–Crippen MR) is 87.4 cm³/mol. The number of rotatable bonds is 6. The topological polar surface area (TPSA) is 38.8 Å². The minimum absolute atomic E-state index is 0.0272. The van der Waals surface area contributed by atoms with Crippen LogP contribution in [-0.2, 0) is 14.3 Å². The summed E-state index contributed by atoms with van der Waals surface area (Å²) in [6.45, 7) is 1.95.